The largest absolute Gasteiger partial charge is 0.253 e. The molecular weight excluding hydrogens is 371 g/mol. The molecule has 6 heteroatoms. The third kappa shape index (κ3) is 4.29. The van der Waals surface area contributed by atoms with Crippen molar-refractivity contribution in [2.45, 2.75) is 6.92 Å². The number of halogens is 1. The molecule has 0 aliphatic heterocycles. The SMILES string of the molecule is Cc1cc(C=NNc2nc(-c3ccccc3)cs2)cc(-c2ccc(F)nc2)c1. The minimum Gasteiger partial charge on any atom is -0.253 e. The van der Waals surface area contributed by atoms with Gasteiger partial charge in [-0.3, -0.25) is 5.43 Å². The average molecular weight is 388 g/mol. The van der Waals surface area contributed by atoms with Gasteiger partial charge in [-0.25, -0.2) is 9.97 Å². The molecule has 2 aromatic heterocycles. The lowest BCUT2D eigenvalue weighted by atomic mass is 10.0. The number of thiazole rings is 1. The molecule has 138 valence electrons. The molecule has 0 unspecified atom stereocenters. The standard InChI is InChI=1S/C22H17FN4S/c1-15-9-16(11-19(10-15)18-7-8-21(23)24-13-18)12-25-27-22-26-20(14-28-22)17-5-3-2-4-6-17/h2-14H,1H3,(H,26,27). The third-order valence-electron chi connectivity index (χ3n) is 4.11. The number of anilines is 1. The second-order valence-corrected chi connectivity index (χ2v) is 7.13. The number of aryl methyl sites for hydroxylation is 1. The smallest absolute Gasteiger partial charge is 0.212 e. The van der Waals surface area contributed by atoms with Crippen molar-refractivity contribution < 1.29 is 4.39 Å². The fourth-order valence-electron chi connectivity index (χ4n) is 2.83. The van der Waals surface area contributed by atoms with Gasteiger partial charge in [0.15, 0.2) is 0 Å². The van der Waals surface area contributed by atoms with Crippen LogP contribution in [0.15, 0.2) is 77.3 Å². The van der Waals surface area contributed by atoms with Crippen LogP contribution in [0.3, 0.4) is 0 Å². The Labute approximate surface area is 166 Å². The molecule has 2 aromatic carbocycles. The molecule has 0 spiro atoms. The van der Waals surface area contributed by atoms with Crippen molar-refractivity contribution in [3.8, 4) is 22.4 Å². The number of nitrogens with one attached hydrogen (secondary N) is 1. The summed E-state index contributed by atoms with van der Waals surface area (Å²) in [5.41, 5.74) is 8.83. The normalized spacial score (nSPS) is 11.1. The van der Waals surface area contributed by atoms with Gasteiger partial charge in [0.2, 0.25) is 11.1 Å². The zero-order valence-electron chi connectivity index (χ0n) is 15.1. The molecule has 1 N–H and O–H groups in total. The lowest BCUT2D eigenvalue weighted by molar-refractivity contribution is 0.584. The van der Waals surface area contributed by atoms with Crippen LogP contribution >= 0.6 is 11.3 Å². The molecule has 4 rings (SSSR count). The zero-order valence-corrected chi connectivity index (χ0v) is 15.9. The van der Waals surface area contributed by atoms with Gasteiger partial charge in [-0.15, -0.1) is 11.3 Å². The Hall–Kier alpha value is -3.38. The highest BCUT2D eigenvalue weighted by molar-refractivity contribution is 7.14. The maximum Gasteiger partial charge on any atom is 0.212 e. The van der Waals surface area contributed by atoms with E-state index in [1.54, 1.807) is 12.3 Å². The van der Waals surface area contributed by atoms with Crippen molar-refractivity contribution in [2.24, 2.45) is 5.10 Å². The van der Waals surface area contributed by atoms with E-state index in [0.29, 0.717) is 0 Å². The summed E-state index contributed by atoms with van der Waals surface area (Å²) < 4.78 is 13.1. The van der Waals surface area contributed by atoms with E-state index in [-0.39, 0.29) is 0 Å². The summed E-state index contributed by atoms with van der Waals surface area (Å²) in [6.07, 6.45) is 3.28. The summed E-state index contributed by atoms with van der Waals surface area (Å²) in [5, 5.41) is 7.03. The highest BCUT2D eigenvalue weighted by atomic mass is 32.1. The summed E-state index contributed by atoms with van der Waals surface area (Å²) in [7, 11) is 0. The van der Waals surface area contributed by atoms with Crippen LogP contribution in [-0.2, 0) is 0 Å². The molecule has 0 radical (unpaired) electrons. The topological polar surface area (TPSA) is 50.2 Å². The summed E-state index contributed by atoms with van der Waals surface area (Å²) in [5.74, 6) is -0.485. The van der Waals surface area contributed by atoms with E-state index in [1.807, 2.05) is 60.8 Å². The van der Waals surface area contributed by atoms with E-state index in [4.69, 9.17) is 0 Å². The lowest BCUT2D eigenvalue weighted by Gasteiger charge is -2.05. The van der Waals surface area contributed by atoms with Gasteiger partial charge in [0.1, 0.15) is 0 Å². The molecule has 2 heterocycles. The van der Waals surface area contributed by atoms with Crippen LogP contribution < -0.4 is 5.43 Å². The van der Waals surface area contributed by atoms with E-state index in [1.165, 1.54) is 23.6 Å². The second-order valence-electron chi connectivity index (χ2n) is 6.28. The third-order valence-corrected chi connectivity index (χ3v) is 4.85. The molecule has 0 aliphatic carbocycles. The zero-order chi connectivity index (χ0) is 19.3. The maximum atomic E-state index is 13.1. The van der Waals surface area contributed by atoms with Crippen LogP contribution in [0.4, 0.5) is 9.52 Å². The van der Waals surface area contributed by atoms with Crippen molar-refractivity contribution in [2.75, 3.05) is 5.43 Å². The van der Waals surface area contributed by atoms with Gasteiger partial charge in [0.05, 0.1) is 11.9 Å². The molecule has 4 nitrogen and oxygen atoms in total. The molecule has 28 heavy (non-hydrogen) atoms. The number of benzene rings is 2. The fraction of sp³-hybridized carbons (Fsp3) is 0.0455. The quantitative estimate of drug-likeness (QED) is 0.268. The van der Waals surface area contributed by atoms with E-state index in [0.717, 1.165) is 38.6 Å². The molecule has 0 saturated carbocycles. The molecule has 0 aliphatic rings. The van der Waals surface area contributed by atoms with Crippen LogP contribution in [0.25, 0.3) is 22.4 Å². The van der Waals surface area contributed by atoms with Gasteiger partial charge in [-0.2, -0.15) is 9.49 Å². The van der Waals surface area contributed by atoms with Crippen LogP contribution in [0.2, 0.25) is 0 Å². The van der Waals surface area contributed by atoms with Crippen LogP contribution in [0, 0.1) is 12.9 Å². The van der Waals surface area contributed by atoms with Crippen molar-refractivity contribution >= 4 is 22.7 Å². The molecule has 0 amide bonds. The van der Waals surface area contributed by atoms with E-state index < -0.39 is 5.95 Å². The highest BCUT2D eigenvalue weighted by Gasteiger charge is 2.04. The van der Waals surface area contributed by atoms with Gasteiger partial charge < -0.3 is 0 Å². The second kappa shape index (κ2) is 8.10. The first-order chi connectivity index (χ1) is 13.7. The Bertz CT molecular complexity index is 1110. The maximum absolute atomic E-state index is 13.1. The number of hydrogen-bond donors (Lipinski definition) is 1. The first-order valence-corrected chi connectivity index (χ1v) is 9.59. The Morgan fingerprint density at radius 2 is 1.86 bits per heavy atom. The number of rotatable bonds is 5. The van der Waals surface area contributed by atoms with E-state index in [2.05, 4.69) is 20.5 Å². The van der Waals surface area contributed by atoms with Crippen molar-refractivity contribution in [1.82, 2.24) is 9.97 Å². The van der Waals surface area contributed by atoms with E-state index in [9.17, 15) is 4.39 Å². The number of pyridine rings is 1. The van der Waals surface area contributed by atoms with E-state index >= 15 is 0 Å². The van der Waals surface area contributed by atoms with Gasteiger partial charge in [0.25, 0.3) is 0 Å². The van der Waals surface area contributed by atoms with Crippen LogP contribution in [0.5, 0.6) is 0 Å². The van der Waals surface area contributed by atoms with Crippen molar-refractivity contribution in [3.05, 3.63) is 89.3 Å². The summed E-state index contributed by atoms with van der Waals surface area (Å²) >= 11 is 1.50. The Morgan fingerprint density at radius 3 is 2.64 bits per heavy atom. The molecule has 0 bridgehead atoms. The monoisotopic (exact) mass is 388 g/mol. The number of aromatic nitrogens is 2. The summed E-state index contributed by atoms with van der Waals surface area (Å²) in [6, 6.07) is 19.2. The predicted octanol–water partition coefficient (Wildman–Crippen LogP) is 5.77. The average Bonchev–Trinajstić information content (AvgIpc) is 3.18. The van der Waals surface area contributed by atoms with Crippen molar-refractivity contribution in [3.63, 3.8) is 0 Å². The Morgan fingerprint density at radius 1 is 1.00 bits per heavy atom. The molecule has 0 atom stereocenters. The van der Waals surface area contributed by atoms with Crippen molar-refractivity contribution in [1.29, 1.82) is 0 Å². The van der Waals surface area contributed by atoms with Crippen LogP contribution in [0.1, 0.15) is 11.1 Å². The van der Waals surface area contributed by atoms with Crippen LogP contribution in [-0.4, -0.2) is 16.2 Å². The fourth-order valence-corrected chi connectivity index (χ4v) is 3.50. The highest BCUT2D eigenvalue weighted by Crippen LogP contribution is 2.25. The minimum absolute atomic E-state index is 0.485. The summed E-state index contributed by atoms with van der Waals surface area (Å²) in [4.78, 5) is 8.28. The predicted molar refractivity (Wildman–Crippen MR) is 113 cm³/mol. The minimum atomic E-state index is -0.485. The van der Waals surface area contributed by atoms with Gasteiger partial charge >= 0.3 is 0 Å². The molecule has 0 fully saturated rings. The molecule has 0 saturated heterocycles. The van der Waals surface area contributed by atoms with Gasteiger partial charge in [-0.05, 0) is 41.8 Å². The number of nitrogens with zero attached hydrogens (tertiary/aromatic N) is 3. The summed E-state index contributed by atoms with van der Waals surface area (Å²) in [6.45, 7) is 2.01. The Kier molecular flexibility index (Phi) is 5.21. The lowest BCUT2D eigenvalue weighted by Crippen LogP contribution is -1.92. The Balaban J connectivity index is 1.49. The number of hydrogen-bond acceptors (Lipinski definition) is 5. The van der Waals surface area contributed by atoms with Gasteiger partial charge in [-0.1, -0.05) is 42.5 Å². The molecular formula is C22H17FN4S. The first-order valence-electron chi connectivity index (χ1n) is 8.71. The first kappa shape index (κ1) is 18.0. The number of hydrazone groups is 1. The molecule has 4 aromatic rings. The van der Waals surface area contributed by atoms with Gasteiger partial charge in [0, 0.05) is 22.7 Å².